The summed E-state index contributed by atoms with van der Waals surface area (Å²) >= 11 is 0. The van der Waals surface area contributed by atoms with Gasteiger partial charge in [-0.15, -0.1) is 0 Å². The zero-order valence-electron chi connectivity index (χ0n) is 13.9. The lowest BCUT2D eigenvalue weighted by Gasteiger charge is -2.15. The molecular weight excluding hydrogens is 288 g/mol. The van der Waals surface area contributed by atoms with Gasteiger partial charge in [-0.25, -0.2) is 4.98 Å². The Labute approximate surface area is 137 Å². The Kier molecular flexibility index (Phi) is 6.11. The molecule has 2 aromatic rings. The predicted octanol–water partition coefficient (Wildman–Crippen LogP) is 2.55. The van der Waals surface area contributed by atoms with E-state index >= 15 is 0 Å². The first-order valence-corrected chi connectivity index (χ1v) is 7.76. The molecule has 122 valence electrons. The van der Waals surface area contributed by atoms with Crippen molar-refractivity contribution in [3.05, 3.63) is 59.8 Å². The van der Waals surface area contributed by atoms with Crippen LogP contribution in [0.15, 0.2) is 48.7 Å². The zero-order valence-corrected chi connectivity index (χ0v) is 13.9. The van der Waals surface area contributed by atoms with Crippen LogP contribution >= 0.6 is 0 Å². The average Bonchev–Trinajstić information content (AvgIpc) is 2.55. The van der Waals surface area contributed by atoms with E-state index < -0.39 is 0 Å². The minimum Gasteiger partial charge on any atom is -0.369 e. The number of carbonyl (C=O) groups is 1. The van der Waals surface area contributed by atoms with E-state index in [9.17, 15) is 4.79 Å². The number of amides is 1. The van der Waals surface area contributed by atoms with E-state index in [1.165, 1.54) is 0 Å². The number of hydrogen-bond acceptors (Lipinski definition) is 4. The molecule has 1 heterocycles. The molecule has 0 aliphatic carbocycles. The number of likely N-dealkylation sites (N-methyl/N-ethyl adjacent to an activating group) is 1. The van der Waals surface area contributed by atoms with Crippen molar-refractivity contribution in [1.82, 2.24) is 15.2 Å². The molecule has 23 heavy (non-hydrogen) atoms. The topological polar surface area (TPSA) is 57.3 Å². The van der Waals surface area contributed by atoms with Crippen molar-refractivity contribution in [3.63, 3.8) is 0 Å². The highest BCUT2D eigenvalue weighted by Crippen LogP contribution is 2.13. The molecule has 2 rings (SSSR count). The van der Waals surface area contributed by atoms with E-state index in [0.717, 1.165) is 18.7 Å². The molecule has 0 saturated carbocycles. The van der Waals surface area contributed by atoms with Crippen LogP contribution in [0.1, 0.15) is 28.9 Å². The Hall–Kier alpha value is -2.40. The third kappa shape index (κ3) is 5.38. The molecule has 0 spiro atoms. The fourth-order valence-electron chi connectivity index (χ4n) is 2.18. The second-order valence-electron chi connectivity index (χ2n) is 5.77. The van der Waals surface area contributed by atoms with Gasteiger partial charge >= 0.3 is 0 Å². The number of hydrogen-bond donors (Lipinski definition) is 2. The van der Waals surface area contributed by atoms with E-state index in [0.29, 0.717) is 11.4 Å². The van der Waals surface area contributed by atoms with Gasteiger partial charge in [0.25, 0.3) is 5.91 Å². The summed E-state index contributed by atoms with van der Waals surface area (Å²) in [4.78, 5) is 18.7. The Morgan fingerprint density at radius 2 is 1.96 bits per heavy atom. The lowest BCUT2D eigenvalue weighted by atomic mass is 10.1. The Morgan fingerprint density at radius 3 is 2.65 bits per heavy atom. The summed E-state index contributed by atoms with van der Waals surface area (Å²) in [5.74, 6) is 0.617. The molecule has 1 unspecified atom stereocenters. The number of anilines is 1. The predicted molar refractivity (Wildman–Crippen MR) is 93.6 cm³/mol. The van der Waals surface area contributed by atoms with Gasteiger partial charge in [-0.1, -0.05) is 30.3 Å². The minimum atomic E-state index is -0.0978. The van der Waals surface area contributed by atoms with Crippen molar-refractivity contribution in [2.45, 2.75) is 13.0 Å². The molecule has 1 atom stereocenters. The lowest BCUT2D eigenvalue weighted by Crippen LogP contribution is -2.27. The second kappa shape index (κ2) is 8.29. The monoisotopic (exact) mass is 312 g/mol. The molecule has 5 heteroatoms. The summed E-state index contributed by atoms with van der Waals surface area (Å²) in [6, 6.07) is 13.4. The summed E-state index contributed by atoms with van der Waals surface area (Å²) in [7, 11) is 4.04. The van der Waals surface area contributed by atoms with Gasteiger partial charge in [-0.2, -0.15) is 0 Å². The summed E-state index contributed by atoms with van der Waals surface area (Å²) < 4.78 is 0. The number of carbonyl (C=O) groups excluding carboxylic acids is 1. The van der Waals surface area contributed by atoms with E-state index in [-0.39, 0.29) is 11.9 Å². The van der Waals surface area contributed by atoms with Crippen LogP contribution in [0.25, 0.3) is 0 Å². The standard InChI is InChI=1S/C18H24N4O/c1-14(15-7-5-4-6-8-15)21-18(23)16-9-10-19-17(13-16)20-11-12-22(2)3/h4-10,13-14H,11-12H2,1-3H3,(H,19,20)(H,21,23). The first kappa shape index (κ1) is 17.0. The summed E-state index contributed by atoms with van der Waals surface area (Å²) in [6.07, 6.45) is 1.65. The molecule has 1 aromatic heterocycles. The molecule has 1 aromatic carbocycles. The van der Waals surface area contributed by atoms with Gasteiger partial charge < -0.3 is 15.5 Å². The van der Waals surface area contributed by atoms with E-state index in [4.69, 9.17) is 0 Å². The molecule has 0 saturated heterocycles. The fraction of sp³-hybridized carbons (Fsp3) is 0.333. The largest absolute Gasteiger partial charge is 0.369 e. The van der Waals surface area contributed by atoms with Gasteiger partial charge in [0.15, 0.2) is 0 Å². The van der Waals surface area contributed by atoms with Crippen molar-refractivity contribution in [3.8, 4) is 0 Å². The van der Waals surface area contributed by atoms with Crippen LogP contribution in [-0.2, 0) is 0 Å². The van der Waals surface area contributed by atoms with Crippen molar-refractivity contribution in [2.75, 3.05) is 32.5 Å². The third-order valence-electron chi connectivity index (χ3n) is 3.53. The van der Waals surface area contributed by atoms with Crippen LogP contribution in [0.2, 0.25) is 0 Å². The van der Waals surface area contributed by atoms with Crippen LogP contribution in [0.4, 0.5) is 5.82 Å². The first-order chi connectivity index (χ1) is 11.1. The lowest BCUT2D eigenvalue weighted by molar-refractivity contribution is 0.0940. The van der Waals surface area contributed by atoms with E-state index in [2.05, 4.69) is 20.5 Å². The molecular formula is C18H24N4O. The maximum absolute atomic E-state index is 12.4. The Bertz CT molecular complexity index is 628. The van der Waals surface area contributed by atoms with E-state index in [1.54, 1.807) is 18.3 Å². The Morgan fingerprint density at radius 1 is 1.22 bits per heavy atom. The number of nitrogens with zero attached hydrogens (tertiary/aromatic N) is 2. The number of benzene rings is 1. The first-order valence-electron chi connectivity index (χ1n) is 7.76. The summed E-state index contributed by atoms with van der Waals surface area (Å²) in [5.41, 5.74) is 1.69. The molecule has 2 N–H and O–H groups in total. The number of aromatic nitrogens is 1. The zero-order chi connectivity index (χ0) is 16.7. The number of nitrogens with one attached hydrogen (secondary N) is 2. The van der Waals surface area contributed by atoms with Gasteiger partial charge in [-0.3, -0.25) is 4.79 Å². The molecule has 0 radical (unpaired) electrons. The van der Waals surface area contributed by atoms with Crippen molar-refractivity contribution < 1.29 is 4.79 Å². The van der Waals surface area contributed by atoms with Crippen LogP contribution in [0.5, 0.6) is 0 Å². The maximum atomic E-state index is 12.4. The minimum absolute atomic E-state index is 0.0398. The summed E-state index contributed by atoms with van der Waals surface area (Å²) in [5, 5.41) is 6.23. The fourth-order valence-corrected chi connectivity index (χ4v) is 2.18. The average molecular weight is 312 g/mol. The van der Waals surface area contributed by atoms with Gasteiger partial charge in [0.1, 0.15) is 5.82 Å². The van der Waals surface area contributed by atoms with Gasteiger partial charge in [0.05, 0.1) is 6.04 Å². The van der Waals surface area contributed by atoms with Crippen LogP contribution in [0, 0.1) is 0 Å². The van der Waals surface area contributed by atoms with Crippen LogP contribution in [-0.4, -0.2) is 43.0 Å². The molecule has 1 amide bonds. The van der Waals surface area contributed by atoms with Gasteiger partial charge in [0.2, 0.25) is 0 Å². The van der Waals surface area contributed by atoms with Crippen molar-refractivity contribution in [2.24, 2.45) is 0 Å². The van der Waals surface area contributed by atoms with Crippen molar-refractivity contribution in [1.29, 1.82) is 0 Å². The quantitative estimate of drug-likeness (QED) is 0.825. The molecule has 0 bridgehead atoms. The van der Waals surface area contributed by atoms with Gasteiger partial charge in [-0.05, 0) is 38.7 Å². The third-order valence-corrected chi connectivity index (χ3v) is 3.53. The highest BCUT2D eigenvalue weighted by molar-refractivity contribution is 5.95. The normalized spacial score (nSPS) is 12.0. The molecule has 0 aliphatic heterocycles. The molecule has 0 fully saturated rings. The van der Waals surface area contributed by atoms with Crippen LogP contribution < -0.4 is 10.6 Å². The SMILES string of the molecule is CC(NC(=O)c1ccnc(NCCN(C)C)c1)c1ccccc1. The summed E-state index contributed by atoms with van der Waals surface area (Å²) in [6.45, 7) is 3.67. The van der Waals surface area contributed by atoms with Gasteiger partial charge in [0, 0.05) is 24.8 Å². The maximum Gasteiger partial charge on any atom is 0.251 e. The number of pyridine rings is 1. The second-order valence-corrected chi connectivity index (χ2v) is 5.77. The Balaban J connectivity index is 1.96. The molecule has 0 aliphatic rings. The number of rotatable bonds is 7. The highest BCUT2D eigenvalue weighted by Gasteiger charge is 2.11. The molecule has 5 nitrogen and oxygen atoms in total. The smallest absolute Gasteiger partial charge is 0.251 e. The highest BCUT2D eigenvalue weighted by atomic mass is 16.1. The van der Waals surface area contributed by atoms with Crippen molar-refractivity contribution >= 4 is 11.7 Å². The van der Waals surface area contributed by atoms with Crippen LogP contribution in [0.3, 0.4) is 0 Å². The van der Waals surface area contributed by atoms with E-state index in [1.807, 2.05) is 51.4 Å².